The van der Waals surface area contributed by atoms with Crippen LogP contribution in [0.2, 0.25) is 5.02 Å². The van der Waals surface area contributed by atoms with E-state index in [2.05, 4.69) is 9.88 Å². The number of aromatic nitrogens is 1. The first kappa shape index (κ1) is 13.7. The average Bonchev–Trinajstić information content (AvgIpc) is 2.39. The zero-order valence-corrected chi connectivity index (χ0v) is 11.5. The summed E-state index contributed by atoms with van der Waals surface area (Å²) in [6, 6.07) is 3.69. The number of nitrogens with two attached hydrogens (primary N) is 3. The predicted octanol–water partition coefficient (Wildman–Crippen LogP) is -0.0897. The molecule has 0 amide bonds. The Labute approximate surface area is 117 Å². The highest BCUT2D eigenvalue weighted by molar-refractivity contribution is 6.32. The van der Waals surface area contributed by atoms with Gasteiger partial charge in [-0.15, -0.1) is 0 Å². The molecule has 0 bridgehead atoms. The van der Waals surface area contributed by atoms with Gasteiger partial charge in [0.2, 0.25) is 0 Å². The Morgan fingerprint density at radius 2 is 2.11 bits per heavy atom. The van der Waals surface area contributed by atoms with Crippen molar-refractivity contribution in [3.8, 4) is 0 Å². The fraction of sp³-hybridized carbons (Fsp3) is 0.385. The Balaban J connectivity index is 2.00. The van der Waals surface area contributed by atoms with Gasteiger partial charge < -0.3 is 10.6 Å². The van der Waals surface area contributed by atoms with E-state index in [1.165, 1.54) is 0 Å². The molecule has 6 N–H and O–H groups in total. The molecule has 0 saturated carbocycles. The van der Waals surface area contributed by atoms with Crippen LogP contribution in [0.4, 0.5) is 5.82 Å². The monoisotopic (exact) mass is 280 g/mol. The molecule has 102 valence electrons. The van der Waals surface area contributed by atoms with E-state index in [0.29, 0.717) is 10.9 Å². The average molecular weight is 281 g/mol. The van der Waals surface area contributed by atoms with Crippen molar-refractivity contribution in [1.29, 1.82) is 0 Å². The molecule has 0 spiro atoms. The lowest BCUT2D eigenvalue weighted by Crippen LogP contribution is -2.45. The Kier molecular flexibility index (Phi) is 4.27. The maximum Gasteiger partial charge on any atom is 0.265 e. The van der Waals surface area contributed by atoms with Gasteiger partial charge in [-0.3, -0.25) is 11.1 Å². The van der Waals surface area contributed by atoms with Gasteiger partial charge in [-0.25, -0.2) is 4.98 Å². The molecule has 0 unspecified atom stereocenters. The highest BCUT2D eigenvalue weighted by atomic mass is 35.5. The van der Waals surface area contributed by atoms with Crippen molar-refractivity contribution in [3.05, 3.63) is 35.1 Å². The fourth-order valence-corrected chi connectivity index (χ4v) is 2.59. The Morgan fingerprint density at radius 1 is 1.42 bits per heavy atom. The van der Waals surface area contributed by atoms with Crippen LogP contribution in [0.1, 0.15) is 12.8 Å². The summed E-state index contributed by atoms with van der Waals surface area (Å²) >= 11 is 6.15. The molecule has 0 aromatic carbocycles. The number of anilines is 1. The highest BCUT2D eigenvalue weighted by Gasteiger charge is 2.23. The molecule has 1 fully saturated rings. The maximum absolute atomic E-state index is 6.15. The number of hydrogen-bond acceptors (Lipinski definition) is 3. The third-order valence-corrected chi connectivity index (χ3v) is 3.63. The molecule has 19 heavy (non-hydrogen) atoms. The van der Waals surface area contributed by atoms with Gasteiger partial charge in [0, 0.05) is 37.0 Å². The van der Waals surface area contributed by atoms with Crippen LogP contribution >= 0.6 is 11.6 Å². The van der Waals surface area contributed by atoms with E-state index in [1.807, 2.05) is 12.1 Å². The second-order valence-electron chi connectivity index (χ2n) is 4.71. The van der Waals surface area contributed by atoms with Crippen LogP contribution < -0.4 is 21.8 Å². The summed E-state index contributed by atoms with van der Waals surface area (Å²) in [5.74, 6) is 1.42. The number of rotatable bonds is 3. The first-order valence-corrected chi connectivity index (χ1v) is 6.66. The van der Waals surface area contributed by atoms with Crippen LogP contribution in [0.3, 0.4) is 0 Å². The first-order valence-electron chi connectivity index (χ1n) is 6.28. The van der Waals surface area contributed by atoms with Crippen molar-refractivity contribution in [2.24, 2.45) is 17.4 Å². The van der Waals surface area contributed by atoms with Gasteiger partial charge in [-0.1, -0.05) is 11.6 Å². The second-order valence-corrected chi connectivity index (χ2v) is 5.12. The largest absolute Gasteiger partial charge is 0.402 e. The quantitative estimate of drug-likeness (QED) is 0.533. The van der Waals surface area contributed by atoms with Gasteiger partial charge in [0.25, 0.3) is 5.84 Å². The van der Waals surface area contributed by atoms with E-state index in [4.69, 9.17) is 28.5 Å². The van der Waals surface area contributed by atoms with Gasteiger partial charge in [0.15, 0.2) is 0 Å². The van der Waals surface area contributed by atoms with Crippen molar-refractivity contribution in [2.45, 2.75) is 12.8 Å². The van der Waals surface area contributed by atoms with E-state index >= 15 is 0 Å². The lowest BCUT2D eigenvalue weighted by molar-refractivity contribution is -0.113. The zero-order chi connectivity index (χ0) is 13.8. The van der Waals surface area contributed by atoms with Crippen LogP contribution in [0.5, 0.6) is 0 Å². The Morgan fingerprint density at radius 3 is 2.68 bits per heavy atom. The van der Waals surface area contributed by atoms with Crippen molar-refractivity contribution < 1.29 is 5.41 Å². The number of allylic oxidation sites excluding steroid dienone is 1. The van der Waals surface area contributed by atoms with Crippen molar-refractivity contribution >= 4 is 23.3 Å². The molecule has 0 atom stereocenters. The third-order valence-electron chi connectivity index (χ3n) is 3.34. The molecule has 0 radical (unpaired) electrons. The molecule has 2 heterocycles. The van der Waals surface area contributed by atoms with E-state index in [1.54, 1.807) is 12.3 Å². The number of halogens is 1. The molecule has 1 saturated heterocycles. The SMILES string of the molecule is NC(=[NH2+])C=C(N)C1CCN(c2ncccc2Cl)CC1. The molecule has 1 aliphatic rings. The number of piperidine rings is 1. The molecule has 1 aromatic heterocycles. The first-order chi connectivity index (χ1) is 9.08. The molecule has 1 aromatic rings. The summed E-state index contributed by atoms with van der Waals surface area (Å²) in [5, 5.41) is 6.12. The van der Waals surface area contributed by atoms with Crippen LogP contribution in [-0.4, -0.2) is 23.9 Å². The maximum atomic E-state index is 6.15. The third kappa shape index (κ3) is 3.38. The van der Waals surface area contributed by atoms with Crippen LogP contribution in [-0.2, 0) is 0 Å². The summed E-state index contributed by atoms with van der Waals surface area (Å²) < 4.78 is 0. The van der Waals surface area contributed by atoms with Gasteiger partial charge >= 0.3 is 0 Å². The van der Waals surface area contributed by atoms with E-state index in [0.717, 1.165) is 37.4 Å². The summed E-state index contributed by atoms with van der Waals surface area (Å²) in [4.78, 5) is 6.51. The zero-order valence-electron chi connectivity index (χ0n) is 10.7. The van der Waals surface area contributed by atoms with Crippen molar-refractivity contribution in [1.82, 2.24) is 4.98 Å². The lowest BCUT2D eigenvalue weighted by Gasteiger charge is -2.33. The van der Waals surface area contributed by atoms with E-state index in [-0.39, 0.29) is 5.84 Å². The minimum Gasteiger partial charge on any atom is -0.402 e. The number of pyridine rings is 1. The Hall–Kier alpha value is -1.75. The summed E-state index contributed by atoms with van der Waals surface area (Å²) in [7, 11) is 0. The predicted molar refractivity (Wildman–Crippen MR) is 77.6 cm³/mol. The number of nitrogens with zero attached hydrogens (tertiary/aromatic N) is 2. The minimum absolute atomic E-state index is 0.257. The van der Waals surface area contributed by atoms with Gasteiger partial charge in [-0.2, -0.15) is 0 Å². The van der Waals surface area contributed by atoms with Gasteiger partial charge in [0.05, 0.1) is 5.02 Å². The summed E-state index contributed by atoms with van der Waals surface area (Å²) in [5.41, 5.74) is 12.2. The van der Waals surface area contributed by atoms with Crippen LogP contribution in [0.15, 0.2) is 30.1 Å². The summed E-state index contributed by atoms with van der Waals surface area (Å²) in [6.45, 7) is 1.75. The molecule has 6 heteroatoms. The molecule has 5 nitrogen and oxygen atoms in total. The standard InChI is InChI=1S/C13H18ClN5/c14-10-2-1-5-18-13(10)19-6-3-9(4-7-19)11(15)8-12(16)17/h1-2,5,8-9H,3-4,6-7,15H2,(H3,16,17)/p+1. The fourth-order valence-electron chi connectivity index (χ4n) is 2.34. The topological polar surface area (TPSA) is 93.8 Å². The molecular weight excluding hydrogens is 262 g/mol. The summed E-state index contributed by atoms with van der Waals surface area (Å²) in [6.07, 6.45) is 5.30. The number of hydrogen-bond donors (Lipinski definition) is 3. The van der Waals surface area contributed by atoms with E-state index in [9.17, 15) is 0 Å². The molecular formula is C13H19ClN5+. The minimum atomic E-state index is 0.257. The van der Waals surface area contributed by atoms with Crippen LogP contribution in [0.25, 0.3) is 0 Å². The van der Waals surface area contributed by atoms with E-state index < -0.39 is 0 Å². The Bertz CT molecular complexity index is 492. The van der Waals surface area contributed by atoms with Gasteiger partial charge in [-0.05, 0) is 25.0 Å². The highest BCUT2D eigenvalue weighted by Crippen LogP contribution is 2.28. The van der Waals surface area contributed by atoms with Gasteiger partial charge in [0.1, 0.15) is 5.82 Å². The number of amidine groups is 1. The normalized spacial score (nSPS) is 17.5. The molecule has 0 aliphatic carbocycles. The van der Waals surface area contributed by atoms with Crippen LogP contribution in [0, 0.1) is 5.92 Å². The second kappa shape index (κ2) is 5.93. The van der Waals surface area contributed by atoms with Crippen molar-refractivity contribution in [3.63, 3.8) is 0 Å². The molecule has 1 aliphatic heterocycles. The van der Waals surface area contributed by atoms with Crippen molar-refractivity contribution in [2.75, 3.05) is 18.0 Å². The lowest BCUT2D eigenvalue weighted by atomic mass is 9.93. The molecule has 2 rings (SSSR count). The smallest absolute Gasteiger partial charge is 0.265 e.